The predicted octanol–water partition coefficient (Wildman–Crippen LogP) is 2.42. The Morgan fingerprint density at radius 1 is 1.47 bits per heavy atom. The summed E-state index contributed by atoms with van der Waals surface area (Å²) in [5.74, 6) is -0.299. The standard InChI is InChI=1S/C13H12N4OS/c1-17-9-8-15-13(17)19-11-4-2-10(3-5-11)16-12(18)6-7-14/h2-5,8-9H,6H2,1H3,(H,16,18). The third-order valence-corrected chi connectivity index (χ3v) is 3.45. The molecule has 2 rings (SSSR count). The lowest BCUT2D eigenvalue weighted by Gasteiger charge is -2.05. The molecule has 0 saturated carbocycles. The van der Waals surface area contributed by atoms with Gasteiger partial charge in [-0.1, -0.05) is 11.8 Å². The Bertz CT molecular complexity index is 612. The number of hydrogen-bond acceptors (Lipinski definition) is 4. The van der Waals surface area contributed by atoms with E-state index in [1.165, 1.54) is 0 Å². The normalized spacial score (nSPS) is 9.89. The number of rotatable bonds is 4. The molecule has 0 aliphatic carbocycles. The summed E-state index contributed by atoms with van der Waals surface area (Å²) in [6.45, 7) is 0. The van der Waals surface area contributed by atoms with Gasteiger partial charge in [-0.15, -0.1) is 0 Å². The zero-order chi connectivity index (χ0) is 13.7. The second-order valence-corrected chi connectivity index (χ2v) is 4.87. The molecule has 0 saturated heterocycles. The quantitative estimate of drug-likeness (QED) is 0.928. The number of aryl methyl sites for hydroxylation is 1. The number of carbonyl (C=O) groups excluding carboxylic acids is 1. The van der Waals surface area contributed by atoms with Crippen molar-refractivity contribution in [3.63, 3.8) is 0 Å². The summed E-state index contributed by atoms with van der Waals surface area (Å²) in [5, 5.41) is 12.0. The second-order valence-electron chi connectivity index (χ2n) is 3.83. The molecule has 1 N–H and O–H groups in total. The molecule has 1 amide bonds. The average molecular weight is 272 g/mol. The van der Waals surface area contributed by atoms with E-state index in [1.54, 1.807) is 30.1 Å². The molecule has 1 aromatic carbocycles. The maximum Gasteiger partial charge on any atom is 0.238 e. The Morgan fingerprint density at radius 2 is 2.21 bits per heavy atom. The highest BCUT2D eigenvalue weighted by atomic mass is 32.2. The average Bonchev–Trinajstić information content (AvgIpc) is 2.78. The smallest absolute Gasteiger partial charge is 0.238 e. The van der Waals surface area contributed by atoms with Crippen LogP contribution < -0.4 is 5.32 Å². The zero-order valence-electron chi connectivity index (χ0n) is 10.3. The molecule has 0 aliphatic heterocycles. The maximum atomic E-state index is 11.2. The van der Waals surface area contributed by atoms with Crippen LogP contribution in [0.4, 0.5) is 5.69 Å². The number of benzene rings is 1. The monoisotopic (exact) mass is 272 g/mol. The first-order valence-electron chi connectivity index (χ1n) is 5.61. The number of aromatic nitrogens is 2. The largest absolute Gasteiger partial charge is 0.329 e. The van der Waals surface area contributed by atoms with Gasteiger partial charge in [0.1, 0.15) is 6.42 Å². The van der Waals surface area contributed by atoms with Crippen molar-refractivity contribution >= 4 is 23.4 Å². The summed E-state index contributed by atoms with van der Waals surface area (Å²) in [4.78, 5) is 16.5. The third kappa shape index (κ3) is 3.60. The highest BCUT2D eigenvalue weighted by Crippen LogP contribution is 2.26. The van der Waals surface area contributed by atoms with Crippen molar-refractivity contribution in [1.29, 1.82) is 5.26 Å². The minimum atomic E-state index is -0.299. The van der Waals surface area contributed by atoms with E-state index in [4.69, 9.17) is 5.26 Å². The first kappa shape index (κ1) is 13.2. The van der Waals surface area contributed by atoms with E-state index in [9.17, 15) is 4.79 Å². The van der Waals surface area contributed by atoms with Crippen LogP contribution in [-0.4, -0.2) is 15.5 Å². The summed E-state index contributed by atoms with van der Waals surface area (Å²) >= 11 is 1.55. The molecule has 19 heavy (non-hydrogen) atoms. The molecule has 5 nitrogen and oxygen atoms in total. The predicted molar refractivity (Wildman–Crippen MR) is 72.6 cm³/mol. The van der Waals surface area contributed by atoms with Crippen LogP contribution in [0.1, 0.15) is 6.42 Å². The van der Waals surface area contributed by atoms with Crippen molar-refractivity contribution in [1.82, 2.24) is 9.55 Å². The number of anilines is 1. The Morgan fingerprint density at radius 3 is 2.79 bits per heavy atom. The van der Waals surface area contributed by atoms with E-state index >= 15 is 0 Å². The SMILES string of the molecule is Cn1ccnc1Sc1ccc(NC(=O)CC#N)cc1. The Labute approximate surface area is 115 Å². The van der Waals surface area contributed by atoms with Gasteiger partial charge >= 0.3 is 0 Å². The molecule has 0 bridgehead atoms. The lowest BCUT2D eigenvalue weighted by atomic mass is 10.3. The van der Waals surface area contributed by atoms with Crippen molar-refractivity contribution < 1.29 is 4.79 Å². The van der Waals surface area contributed by atoms with E-state index in [0.717, 1.165) is 10.1 Å². The van der Waals surface area contributed by atoms with Crippen molar-refractivity contribution in [2.45, 2.75) is 16.5 Å². The number of carbonyl (C=O) groups is 1. The number of imidazole rings is 1. The topological polar surface area (TPSA) is 70.7 Å². The highest BCUT2D eigenvalue weighted by molar-refractivity contribution is 7.99. The molecule has 1 aromatic heterocycles. The number of hydrogen-bond donors (Lipinski definition) is 1. The Balaban J connectivity index is 2.01. The van der Waals surface area contributed by atoms with Crippen LogP contribution in [0.3, 0.4) is 0 Å². The van der Waals surface area contributed by atoms with Gasteiger partial charge in [0.15, 0.2) is 5.16 Å². The fraction of sp³-hybridized carbons (Fsp3) is 0.154. The van der Waals surface area contributed by atoms with Gasteiger partial charge in [0, 0.05) is 30.0 Å². The van der Waals surface area contributed by atoms with Crippen LogP contribution in [0.15, 0.2) is 46.7 Å². The van der Waals surface area contributed by atoms with E-state index in [1.807, 2.05) is 36.0 Å². The van der Waals surface area contributed by atoms with Gasteiger partial charge < -0.3 is 9.88 Å². The zero-order valence-corrected chi connectivity index (χ0v) is 11.1. The number of nitrogens with one attached hydrogen (secondary N) is 1. The molecule has 1 heterocycles. The van der Waals surface area contributed by atoms with Crippen LogP contribution in [0.5, 0.6) is 0 Å². The van der Waals surface area contributed by atoms with E-state index in [-0.39, 0.29) is 12.3 Å². The molecular weight excluding hydrogens is 260 g/mol. The van der Waals surface area contributed by atoms with Crippen LogP contribution in [-0.2, 0) is 11.8 Å². The first-order valence-corrected chi connectivity index (χ1v) is 6.43. The van der Waals surface area contributed by atoms with Gasteiger partial charge in [-0.25, -0.2) is 4.98 Å². The molecule has 0 unspecified atom stereocenters. The van der Waals surface area contributed by atoms with E-state index in [2.05, 4.69) is 10.3 Å². The summed E-state index contributed by atoms with van der Waals surface area (Å²) < 4.78 is 1.94. The molecule has 0 atom stereocenters. The highest BCUT2D eigenvalue weighted by Gasteiger charge is 2.04. The first-order chi connectivity index (χ1) is 9.19. The molecule has 0 aliphatic rings. The van der Waals surface area contributed by atoms with Gasteiger partial charge in [0.05, 0.1) is 6.07 Å². The Hall–Kier alpha value is -2.26. The molecular formula is C13H12N4OS. The number of nitriles is 1. The minimum Gasteiger partial charge on any atom is -0.329 e. The van der Waals surface area contributed by atoms with Gasteiger partial charge in [-0.2, -0.15) is 5.26 Å². The van der Waals surface area contributed by atoms with Crippen molar-refractivity contribution in [3.8, 4) is 6.07 Å². The summed E-state index contributed by atoms with van der Waals surface area (Å²) in [5.41, 5.74) is 0.685. The lowest BCUT2D eigenvalue weighted by Crippen LogP contribution is -2.09. The fourth-order valence-corrected chi connectivity index (χ4v) is 2.24. The third-order valence-electron chi connectivity index (χ3n) is 2.36. The molecule has 0 radical (unpaired) electrons. The van der Waals surface area contributed by atoms with Crippen LogP contribution in [0.25, 0.3) is 0 Å². The molecule has 6 heteroatoms. The van der Waals surface area contributed by atoms with Crippen molar-refractivity contribution in [3.05, 3.63) is 36.7 Å². The van der Waals surface area contributed by atoms with Crippen molar-refractivity contribution in [2.24, 2.45) is 7.05 Å². The van der Waals surface area contributed by atoms with Gasteiger partial charge in [0.2, 0.25) is 5.91 Å². The lowest BCUT2D eigenvalue weighted by molar-refractivity contribution is -0.115. The van der Waals surface area contributed by atoms with E-state index < -0.39 is 0 Å². The van der Waals surface area contributed by atoms with Gasteiger partial charge in [0.25, 0.3) is 0 Å². The molecule has 0 fully saturated rings. The Kier molecular flexibility index (Phi) is 4.21. The molecule has 2 aromatic rings. The molecule has 0 spiro atoms. The summed E-state index contributed by atoms with van der Waals surface area (Å²) in [6.07, 6.45) is 3.50. The van der Waals surface area contributed by atoms with Crippen LogP contribution in [0.2, 0.25) is 0 Å². The van der Waals surface area contributed by atoms with E-state index in [0.29, 0.717) is 5.69 Å². The maximum absolute atomic E-state index is 11.2. The van der Waals surface area contributed by atoms with Crippen LogP contribution >= 0.6 is 11.8 Å². The van der Waals surface area contributed by atoms with Crippen LogP contribution in [0, 0.1) is 11.3 Å². The fourth-order valence-electron chi connectivity index (χ4n) is 1.44. The summed E-state index contributed by atoms with van der Waals surface area (Å²) in [6, 6.07) is 9.23. The number of amides is 1. The number of nitrogens with zero attached hydrogens (tertiary/aromatic N) is 3. The second kappa shape index (κ2) is 6.07. The minimum absolute atomic E-state index is 0.135. The molecule has 96 valence electrons. The van der Waals surface area contributed by atoms with Gasteiger partial charge in [-0.3, -0.25) is 4.79 Å². The summed E-state index contributed by atoms with van der Waals surface area (Å²) in [7, 11) is 1.94. The van der Waals surface area contributed by atoms with Gasteiger partial charge in [-0.05, 0) is 24.3 Å². The van der Waals surface area contributed by atoms with Crippen molar-refractivity contribution in [2.75, 3.05) is 5.32 Å².